The minimum atomic E-state index is -0.821. The number of anilines is 1. The van der Waals surface area contributed by atoms with E-state index in [1.54, 1.807) is 4.90 Å². The molecular formula is C23H31N3O3. The summed E-state index contributed by atoms with van der Waals surface area (Å²) >= 11 is 0. The predicted molar refractivity (Wildman–Crippen MR) is 112 cm³/mol. The smallest absolute Gasteiger partial charge is 0.323 e. The molecule has 156 valence electrons. The molecule has 0 bridgehead atoms. The zero-order chi connectivity index (χ0) is 20.8. The monoisotopic (exact) mass is 397 g/mol. The Morgan fingerprint density at radius 3 is 2.55 bits per heavy atom. The number of nitrogens with zero attached hydrogens (tertiary/aromatic N) is 2. The predicted octanol–water partition coefficient (Wildman–Crippen LogP) is 3.49. The molecule has 0 aromatic heterocycles. The topological polar surface area (TPSA) is 69.7 Å². The SMILES string of the molecule is CC(C)(C)C1CCC2(CC1)NC(=O)N(CC(=O)N1CCCc3ccccc31)C2=O. The molecule has 1 aromatic carbocycles. The number of amides is 4. The molecule has 0 unspecified atom stereocenters. The van der Waals surface area contributed by atoms with Gasteiger partial charge in [0.1, 0.15) is 12.1 Å². The van der Waals surface area contributed by atoms with Crippen LogP contribution in [0.5, 0.6) is 0 Å². The van der Waals surface area contributed by atoms with Crippen LogP contribution in [0.15, 0.2) is 24.3 Å². The van der Waals surface area contributed by atoms with Gasteiger partial charge in [-0.25, -0.2) is 4.79 Å². The normalized spacial score (nSPS) is 27.2. The molecule has 1 N–H and O–H groups in total. The summed E-state index contributed by atoms with van der Waals surface area (Å²) in [7, 11) is 0. The number of hydrogen-bond donors (Lipinski definition) is 1. The van der Waals surface area contributed by atoms with E-state index in [4.69, 9.17) is 0 Å². The molecule has 1 spiro atoms. The number of carbonyl (C=O) groups excluding carboxylic acids is 3. The molecule has 2 fully saturated rings. The van der Waals surface area contributed by atoms with Crippen LogP contribution in [0.25, 0.3) is 0 Å². The van der Waals surface area contributed by atoms with E-state index in [0.717, 1.165) is 41.8 Å². The summed E-state index contributed by atoms with van der Waals surface area (Å²) in [6.07, 6.45) is 4.96. The second-order valence-corrected chi connectivity index (χ2v) is 9.82. The van der Waals surface area contributed by atoms with Crippen LogP contribution in [0, 0.1) is 11.3 Å². The fourth-order valence-electron chi connectivity index (χ4n) is 5.15. The maximum Gasteiger partial charge on any atom is 0.325 e. The molecule has 4 amide bonds. The highest BCUT2D eigenvalue weighted by molar-refractivity contribution is 6.10. The number of carbonyl (C=O) groups is 3. The van der Waals surface area contributed by atoms with Crippen molar-refractivity contribution < 1.29 is 14.4 Å². The molecule has 2 aliphatic heterocycles. The third kappa shape index (κ3) is 3.53. The average Bonchev–Trinajstić information content (AvgIpc) is 2.91. The average molecular weight is 398 g/mol. The fraction of sp³-hybridized carbons (Fsp3) is 0.609. The van der Waals surface area contributed by atoms with Gasteiger partial charge in [0.2, 0.25) is 5.91 Å². The van der Waals surface area contributed by atoms with Gasteiger partial charge in [-0.05, 0) is 61.5 Å². The van der Waals surface area contributed by atoms with Crippen molar-refractivity contribution in [3.05, 3.63) is 29.8 Å². The highest BCUT2D eigenvalue weighted by Crippen LogP contribution is 2.43. The molecule has 2 heterocycles. The van der Waals surface area contributed by atoms with Gasteiger partial charge in [0.15, 0.2) is 0 Å². The largest absolute Gasteiger partial charge is 0.325 e. The van der Waals surface area contributed by atoms with Crippen LogP contribution in [0.4, 0.5) is 10.5 Å². The van der Waals surface area contributed by atoms with Crippen molar-refractivity contribution in [2.75, 3.05) is 18.0 Å². The van der Waals surface area contributed by atoms with Crippen LogP contribution in [0.1, 0.15) is 58.4 Å². The number of hydrogen-bond acceptors (Lipinski definition) is 3. The van der Waals surface area contributed by atoms with Crippen LogP contribution in [0.2, 0.25) is 0 Å². The van der Waals surface area contributed by atoms with Crippen molar-refractivity contribution in [3.63, 3.8) is 0 Å². The Labute approximate surface area is 172 Å². The zero-order valence-corrected chi connectivity index (χ0v) is 17.7. The lowest BCUT2D eigenvalue weighted by Gasteiger charge is -2.40. The van der Waals surface area contributed by atoms with E-state index in [1.165, 1.54) is 0 Å². The fourth-order valence-corrected chi connectivity index (χ4v) is 5.15. The van der Waals surface area contributed by atoms with E-state index in [-0.39, 0.29) is 23.8 Å². The number of nitrogens with one attached hydrogen (secondary N) is 1. The highest BCUT2D eigenvalue weighted by atomic mass is 16.2. The van der Waals surface area contributed by atoms with Gasteiger partial charge >= 0.3 is 6.03 Å². The Morgan fingerprint density at radius 2 is 1.86 bits per heavy atom. The van der Waals surface area contributed by atoms with Gasteiger partial charge in [-0.15, -0.1) is 0 Å². The Bertz CT molecular complexity index is 834. The number of benzene rings is 1. The number of urea groups is 1. The lowest BCUT2D eigenvalue weighted by Crippen LogP contribution is -2.51. The lowest BCUT2D eigenvalue weighted by molar-refractivity contribution is -0.135. The Balaban J connectivity index is 1.46. The standard InChI is InChI=1S/C23H31N3O3/c1-22(2,3)17-10-12-23(13-11-17)20(28)26(21(29)24-23)15-19(27)25-14-6-8-16-7-4-5-9-18(16)25/h4-5,7,9,17H,6,8,10-15H2,1-3H3,(H,24,29). The van der Waals surface area contributed by atoms with Gasteiger partial charge in [-0.1, -0.05) is 39.0 Å². The molecule has 1 aliphatic carbocycles. The number of imide groups is 1. The van der Waals surface area contributed by atoms with Crippen LogP contribution in [0.3, 0.4) is 0 Å². The number of para-hydroxylation sites is 1. The van der Waals surface area contributed by atoms with E-state index in [9.17, 15) is 14.4 Å². The Hall–Kier alpha value is -2.37. The molecule has 6 nitrogen and oxygen atoms in total. The van der Waals surface area contributed by atoms with E-state index < -0.39 is 11.6 Å². The third-order valence-electron chi connectivity index (χ3n) is 7.01. The van der Waals surface area contributed by atoms with Crippen LogP contribution in [-0.4, -0.2) is 41.4 Å². The van der Waals surface area contributed by atoms with Crippen molar-refractivity contribution in [2.45, 2.75) is 64.8 Å². The molecular weight excluding hydrogens is 366 g/mol. The van der Waals surface area contributed by atoms with E-state index in [1.807, 2.05) is 24.3 Å². The minimum absolute atomic E-state index is 0.191. The first kappa shape index (κ1) is 19.9. The molecule has 1 saturated carbocycles. The van der Waals surface area contributed by atoms with Gasteiger partial charge < -0.3 is 10.2 Å². The van der Waals surface area contributed by atoms with E-state index >= 15 is 0 Å². The van der Waals surface area contributed by atoms with Gasteiger partial charge in [0.05, 0.1) is 0 Å². The maximum atomic E-state index is 13.2. The first-order chi connectivity index (χ1) is 13.7. The first-order valence-electron chi connectivity index (χ1n) is 10.7. The van der Waals surface area contributed by atoms with Crippen LogP contribution < -0.4 is 10.2 Å². The second kappa shape index (κ2) is 7.15. The molecule has 3 aliphatic rings. The Kier molecular flexibility index (Phi) is 4.91. The third-order valence-corrected chi connectivity index (χ3v) is 7.01. The van der Waals surface area contributed by atoms with E-state index in [2.05, 4.69) is 26.1 Å². The summed E-state index contributed by atoms with van der Waals surface area (Å²) in [5.41, 5.74) is 1.42. The minimum Gasteiger partial charge on any atom is -0.323 e. The summed E-state index contributed by atoms with van der Waals surface area (Å²) in [6.45, 7) is 7.12. The quantitative estimate of drug-likeness (QED) is 0.777. The lowest BCUT2D eigenvalue weighted by atomic mass is 9.67. The van der Waals surface area contributed by atoms with Gasteiger partial charge in [0, 0.05) is 12.2 Å². The van der Waals surface area contributed by atoms with Crippen molar-refractivity contribution in [3.8, 4) is 0 Å². The maximum absolute atomic E-state index is 13.2. The number of aryl methyl sites for hydroxylation is 1. The van der Waals surface area contributed by atoms with Crippen LogP contribution in [-0.2, 0) is 16.0 Å². The van der Waals surface area contributed by atoms with Crippen LogP contribution >= 0.6 is 0 Å². The van der Waals surface area contributed by atoms with Gasteiger partial charge in [-0.2, -0.15) is 0 Å². The van der Waals surface area contributed by atoms with Crippen molar-refractivity contribution in [1.29, 1.82) is 0 Å². The summed E-state index contributed by atoms with van der Waals surface area (Å²) in [5, 5.41) is 2.94. The van der Waals surface area contributed by atoms with Gasteiger partial charge in [0.25, 0.3) is 5.91 Å². The highest BCUT2D eigenvalue weighted by Gasteiger charge is 2.53. The second-order valence-electron chi connectivity index (χ2n) is 9.82. The molecule has 0 radical (unpaired) electrons. The molecule has 6 heteroatoms. The van der Waals surface area contributed by atoms with Crippen molar-refractivity contribution in [2.24, 2.45) is 11.3 Å². The molecule has 4 rings (SSSR count). The summed E-state index contributed by atoms with van der Waals surface area (Å²) < 4.78 is 0. The molecule has 0 atom stereocenters. The number of fused-ring (bicyclic) bond motifs is 1. The summed E-state index contributed by atoms with van der Waals surface area (Å²) in [6, 6.07) is 7.43. The van der Waals surface area contributed by atoms with Crippen molar-refractivity contribution in [1.82, 2.24) is 10.2 Å². The molecule has 29 heavy (non-hydrogen) atoms. The summed E-state index contributed by atoms with van der Waals surface area (Å²) in [5.74, 6) is 0.118. The van der Waals surface area contributed by atoms with E-state index in [0.29, 0.717) is 25.3 Å². The zero-order valence-electron chi connectivity index (χ0n) is 17.7. The van der Waals surface area contributed by atoms with Gasteiger partial charge in [-0.3, -0.25) is 14.5 Å². The number of rotatable bonds is 2. The first-order valence-corrected chi connectivity index (χ1v) is 10.7. The summed E-state index contributed by atoms with van der Waals surface area (Å²) in [4.78, 5) is 41.7. The Morgan fingerprint density at radius 1 is 1.17 bits per heavy atom. The molecule has 1 aromatic rings. The molecule has 1 saturated heterocycles. The van der Waals surface area contributed by atoms with Crippen molar-refractivity contribution >= 4 is 23.5 Å².